The van der Waals surface area contributed by atoms with Crippen LogP contribution in [0.2, 0.25) is 0 Å². The molecule has 1 heterocycles. The lowest BCUT2D eigenvalue weighted by Gasteiger charge is -2.28. The van der Waals surface area contributed by atoms with Gasteiger partial charge in [-0.1, -0.05) is 54.6 Å². The highest BCUT2D eigenvalue weighted by Crippen LogP contribution is 2.43. The highest BCUT2D eigenvalue weighted by atomic mass is 16.5. The van der Waals surface area contributed by atoms with Gasteiger partial charge >= 0.3 is 0 Å². The predicted molar refractivity (Wildman–Crippen MR) is 129 cm³/mol. The molecule has 33 heavy (non-hydrogen) atoms. The second kappa shape index (κ2) is 9.33. The molecule has 4 rings (SSSR count). The van der Waals surface area contributed by atoms with Crippen LogP contribution >= 0.6 is 0 Å². The lowest BCUT2D eigenvalue weighted by atomic mass is 9.92. The second-order valence-corrected chi connectivity index (χ2v) is 8.31. The first-order valence-electron chi connectivity index (χ1n) is 11.0. The molecule has 0 fully saturated rings. The molecule has 1 aliphatic heterocycles. The van der Waals surface area contributed by atoms with Crippen molar-refractivity contribution in [2.45, 2.75) is 32.7 Å². The van der Waals surface area contributed by atoms with E-state index in [1.165, 1.54) is 4.90 Å². The van der Waals surface area contributed by atoms with Crippen LogP contribution in [0.15, 0.2) is 84.1 Å². The van der Waals surface area contributed by atoms with Crippen LogP contribution in [0.1, 0.15) is 34.7 Å². The van der Waals surface area contributed by atoms with Crippen molar-refractivity contribution >= 4 is 17.4 Å². The van der Waals surface area contributed by atoms with E-state index < -0.39 is 17.7 Å². The summed E-state index contributed by atoms with van der Waals surface area (Å²) in [6, 6.07) is 22.1. The van der Waals surface area contributed by atoms with Crippen LogP contribution in [-0.2, 0) is 16.0 Å². The number of aliphatic hydroxyl groups excluding tert-OH is 1. The predicted octanol–water partition coefficient (Wildman–Crippen LogP) is 5.41. The molecule has 168 valence electrons. The van der Waals surface area contributed by atoms with Crippen LogP contribution in [0.25, 0.3) is 0 Å². The van der Waals surface area contributed by atoms with Gasteiger partial charge in [0.1, 0.15) is 5.75 Å². The molecule has 0 radical (unpaired) electrons. The van der Waals surface area contributed by atoms with E-state index in [0.717, 1.165) is 22.3 Å². The molecule has 1 amide bonds. The number of ether oxygens (including phenoxy) is 1. The number of amides is 1. The highest BCUT2D eigenvalue weighted by Gasteiger charge is 2.44. The first-order chi connectivity index (χ1) is 15.9. The topological polar surface area (TPSA) is 66.8 Å². The Balaban J connectivity index is 1.76. The van der Waals surface area contributed by atoms with Crippen LogP contribution < -0.4 is 9.64 Å². The van der Waals surface area contributed by atoms with Crippen molar-refractivity contribution < 1.29 is 19.4 Å². The van der Waals surface area contributed by atoms with Gasteiger partial charge in [0.05, 0.1) is 18.7 Å². The number of anilines is 1. The Morgan fingerprint density at radius 3 is 2.36 bits per heavy atom. The summed E-state index contributed by atoms with van der Waals surface area (Å²) in [5.74, 6) is -0.604. The Hall–Kier alpha value is -3.86. The molecular weight excluding hydrogens is 414 g/mol. The minimum Gasteiger partial charge on any atom is -0.503 e. The molecule has 0 aromatic heterocycles. The number of rotatable bonds is 7. The minimum absolute atomic E-state index is 0.141. The van der Waals surface area contributed by atoms with Gasteiger partial charge in [-0.3, -0.25) is 14.5 Å². The number of Topliss-reactive ketones (excluding diaryl/α,β-unsaturated/α-hetero) is 1. The van der Waals surface area contributed by atoms with Crippen molar-refractivity contribution in [3.63, 3.8) is 0 Å². The number of methoxy groups -OCH3 is 1. The quantitative estimate of drug-likeness (QED) is 0.532. The molecule has 1 atom stereocenters. The van der Waals surface area contributed by atoms with Crippen molar-refractivity contribution in [2.75, 3.05) is 12.0 Å². The molecule has 0 spiro atoms. The molecule has 0 aliphatic carbocycles. The van der Waals surface area contributed by atoms with Gasteiger partial charge in [-0.15, -0.1) is 0 Å². The fourth-order valence-corrected chi connectivity index (χ4v) is 4.26. The van der Waals surface area contributed by atoms with Crippen molar-refractivity contribution in [2.24, 2.45) is 0 Å². The third-order valence-corrected chi connectivity index (χ3v) is 6.05. The van der Waals surface area contributed by atoms with E-state index in [0.29, 0.717) is 17.9 Å². The van der Waals surface area contributed by atoms with Gasteiger partial charge in [0.2, 0.25) is 0 Å². The van der Waals surface area contributed by atoms with Gasteiger partial charge in [-0.05, 0) is 60.7 Å². The third-order valence-electron chi connectivity index (χ3n) is 6.05. The van der Waals surface area contributed by atoms with E-state index in [1.807, 2.05) is 74.5 Å². The SMILES string of the molecule is COc1ccc(C2C(C(=O)CCc3ccccc3)=C(O)C(=O)N2c2cc(C)ccc2C)cc1. The van der Waals surface area contributed by atoms with Crippen LogP contribution in [0.3, 0.4) is 0 Å². The van der Waals surface area contributed by atoms with Gasteiger partial charge in [0.25, 0.3) is 5.91 Å². The summed E-state index contributed by atoms with van der Waals surface area (Å²) in [4.78, 5) is 28.2. The molecule has 3 aromatic rings. The van der Waals surface area contributed by atoms with E-state index in [1.54, 1.807) is 19.2 Å². The number of benzene rings is 3. The summed E-state index contributed by atoms with van der Waals surface area (Å²) in [5, 5.41) is 10.9. The van der Waals surface area contributed by atoms with E-state index in [4.69, 9.17) is 4.74 Å². The van der Waals surface area contributed by atoms with Crippen molar-refractivity contribution in [3.8, 4) is 5.75 Å². The monoisotopic (exact) mass is 441 g/mol. The first kappa shape index (κ1) is 22.3. The van der Waals surface area contributed by atoms with Gasteiger partial charge in [-0.2, -0.15) is 0 Å². The maximum absolute atomic E-state index is 13.4. The average molecular weight is 442 g/mol. The molecule has 0 bridgehead atoms. The summed E-state index contributed by atoms with van der Waals surface area (Å²) < 4.78 is 5.27. The number of carbonyl (C=O) groups is 2. The number of hydrogen-bond acceptors (Lipinski definition) is 4. The van der Waals surface area contributed by atoms with Gasteiger partial charge in [-0.25, -0.2) is 0 Å². The zero-order chi connectivity index (χ0) is 23.5. The van der Waals surface area contributed by atoms with E-state index in [9.17, 15) is 14.7 Å². The van der Waals surface area contributed by atoms with Crippen LogP contribution in [0.5, 0.6) is 5.75 Å². The third kappa shape index (κ3) is 4.40. The number of nitrogens with zero attached hydrogens (tertiary/aromatic N) is 1. The van der Waals surface area contributed by atoms with Crippen molar-refractivity contribution in [1.29, 1.82) is 0 Å². The van der Waals surface area contributed by atoms with Gasteiger partial charge in [0, 0.05) is 12.1 Å². The number of hydrogen-bond donors (Lipinski definition) is 1. The van der Waals surface area contributed by atoms with Gasteiger partial charge < -0.3 is 9.84 Å². The van der Waals surface area contributed by atoms with Crippen LogP contribution in [0.4, 0.5) is 5.69 Å². The highest BCUT2D eigenvalue weighted by molar-refractivity contribution is 6.16. The lowest BCUT2D eigenvalue weighted by molar-refractivity contribution is -0.118. The Bertz CT molecular complexity index is 1210. The number of ketones is 1. The standard InChI is InChI=1S/C28H27NO4/c1-18-9-10-19(2)23(17-18)29-26(21-12-14-22(33-3)15-13-21)25(27(31)28(29)32)24(30)16-11-20-7-5-4-6-8-20/h4-10,12-15,17,26,31H,11,16H2,1-3H3. The lowest BCUT2D eigenvalue weighted by Crippen LogP contribution is -2.31. The number of aliphatic hydroxyl groups is 1. The zero-order valence-corrected chi connectivity index (χ0v) is 19.0. The largest absolute Gasteiger partial charge is 0.503 e. The van der Waals surface area contributed by atoms with Crippen LogP contribution in [0, 0.1) is 13.8 Å². The normalized spacial score (nSPS) is 15.8. The van der Waals surface area contributed by atoms with Crippen molar-refractivity contribution in [3.05, 3.63) is 106 Å². The van der Waals surface area contributed by atoms with Crippen molar-refractivity contribution in [1.82, 2.24) is 0 Å². The Labute approximate surface area is 193 Å². The molecule has 1 unspecified atom stereocenters. The summed E-state index contributed by atoms with van der Waals surface area (Å²) >= 11 is 0. The second-order valence-electron chi connectivity index (χ2n) is 8.31. The molecule has 1 N–H and O–H groups in total. The summed E-state index contributed by atoms with van der Waals surface area (Å²) in [7, 11) is 1.58. The fraction of sp³-hybridized carbons (Fsp3) is 0.214. The Morgan fingerprint density at radius 2 is 1.70 bits per heavy atom. The summed E-state index contributed by atoms with van der Waals surface area (Å²) in [6.45, 7) is 3.87. The molecule has 0 saturated carbocycles. The maximum atomic E-state index is 13.4. The molecule has 1 aliphatic rings. The average Bonchev–Trinajstić information content (AvgIpc) is 3.10. The minimum atomic E-state index is -0.716. The smallest absolute Gasteiger partial charge is 0.294 e. The fourth-order valence-electron chi connectivity index (χ4n) is 4.26. The Kier molecular flexibility index (Phi) is 6.31. The molecule has 5 heteroatoms. The van der Waals surface area contributed by atoms with E-state index in [2.05, 4.69) is 0 Å². The van der Waals surface area contributed by atoms with E-state index >= 15 is 0 Å². The molecule has 0 saturated heterocycles. The van der Waals surface area contributed by atoms with Gasteiger partial charge in [0.15, 0.2) is 11.5 Å². The maximum Gasteiger partial charge on any atom is 0.294 e. The number of aryl methyl sites for hydroxylation is 3. The zero-order valence-electron chi connectivity index (χ0n) is 19.0. The summed E-state index contributed by atoms with van der Waals surface area (Å²) in [5.41, 5.74) is 4.46. The molecular formula is C28H27NO4. The Morgan fingerprint density at radius 1 is 1.00 bits per heavy atom. The molecule has 3 aromatic carbocycles. The van der Waals surface area contributed by atoms with E-state index in [-0.39, 0.29) is 17.8 Å². The number of carbonyl (C=O) groups excluding carboxylic acids is 2. The molecule has 5 nitrogen and oxygen atoms in total. The van der Waals surface area contributed by atoms with Crippen LogP contribution in [-0.4, -0.2) is 23.9 Å². The summed E-state index contributed by atoms with van der Waals surface area (Å²) in [6.07, 6.45) is 0.730. The first-order valence-corrected chi connectivity index (χ1v) is 11.0.